The normalized spacial score (nSPS) is 18.7. The maximum atomic E-state index is 6.45. The molecule has 1 aliphatic rings. The molecule has 0 unspecified atom stereocenters. The first-order chi connectivity index (χ1) is 15.8. The summed E-state index contributed by atoms with van der Waals surface area (Å²) < 4.78 is 12.5. The fourth-order valence-corrected chi connectivity index (χ4v) is 4.79. The standard InChI is InChI=1S/C30H50O2/c1-3-5-7-9-10-11-12-13-18-22-29(32-26-27-19-15-14-16-20-27)25-30-28(23-24-31-30)21-17-8-6-4-2/h14-16,19-20,23-24,28-30H,3-13,17-18,21-22,25-26H2,1-2H3/t28-,29-,30+/m1/s1. The Morgan fingerprint density at radius 3 is 2.09 bits per heavy atom. The molecule has 0 N–H and O–H groups in total. The maximum Gasteiger partial charge on any atom is 0.107 e. The molecule has 2 nitrogen and oxygen atoms in total. The van der Waals surface area contributed by atoms with Crippen LogP contribution in [0.15, 0.2) is 42.7 Å². The number of rotatable bonds is 20. The highest BCUT2D eigenvalue weighted by atomic mass is 16.5. The lowest BCUT2D eigenvalue weighted by molar-refractivity contribution is -0.00958. The van der Waals surface area contributed by atoms with Gasteiger partial charge in [0.05, 0.1) is 19.0 Å². The summed E-state index contributed by atoms with van der Waals surface area (Å²) in [5, 5.41) is 0. The van der Waals surface area contributed by atoms with Gasteiger partial charge in [-0.25, -0.2) is 0 Å². The Bertz CT molecular complexity index is 567. The summed E-state index contributed by atoms with van der Waals surface area (Å²) in [7, 11) is 0. The summed E-state index contributed by atoms with van der Waals surface area (Å²) >= 11 is 0. The van der Waals surface area contributed by atoms with Gasteiger partial charge in [0.15, 0.2) is 0 Å². The largest absolute Gasteiger partial charge is 0.498 e. The van der Waals surface area contributed by atoms with Crippen LogP contribution in [0.1, 0.15) is 122 Å². The fraction of sp³-hybridized carbons (Fsp3) is 0.733. The first kappa shape index (κ1) is 27.0. The van der Waals surface area contributed by atoms with Crippen LogP contribution in [-0.4, -0.2) is 12.2 Å². The Balaban J connectivity index is 1.72. The molecule has 32 heavy (non-hydrogen) atoms. The Labute approximate surface area is 199 Å². The molecule has 0 amide bonds. The van der Waals surface area contributed by atoms with Crippen LogP contribution in [-0.2, 0) is 16.1 Å². The van der Waals surface area contributed by atoms with Crippen LogP contribution < -0.4 is 0 Å². The van der Waals surface area contributed by atoms with Gasteiger partial charge in [-0.2, -0.15) is 0 Å². The van der Waals surface area contributed by atoms with Gasteiger partial charge in [0.2, 0.25) is 0 Å². The van der Waals surface area contributed by atoms with Crippen molar-refractivity contribution in [3.8, 4) is 0 Å². The molecule has 0 spiro atoms. The van der Waals surface area contributed by atoms with Crippen molar-refractivity contribution in [2.24, 2.45) is 5.92 Å². The second-order valence-electron chi connectivity index (χ2n) is 9.79. The Kier molecular flexibility index (Phi) is 15.3. The molecule has 0 saturated carbocycles. The van der Waals surface area contributed by atoms with Gasteiger partial charge in [0, 0.05) is 12.3 Å². The molecular weight excluding hydrogens is 392 g/mol. The van der Waals surface area contributed by atoms with Gasteiger partial charge in [-0.3, -0.25) is 0 Å². The average Bonchev–Trinajstić information content (AvgIpc) is 3.26. The summed E-state index contributed by atoms with van der Waals surface area (Å²) in [6.45, 7) is 5.28. The first-order valence-electron chi connectivity index (χ1n) is 13.8. The highest BCUT2D eigenvalue weighted by molar-refractivity contribution is 5.13. The second-order valence-corrected chi connectivity index (χ2v) is 9.79. The molecule has 1 heterocycles. The molecule has 0 fully saturated rings. The minimum absolute atomic E-state index is 0.294. The van der Waals surface area contributed by atoms with Crippen molar-refractivity contribution in [3.05, 3.63) is 48.2 Å². The molecule has 2 rings (SSSR count). The first-order valence-corrected chi connectivity index (χ1v) is 13.8. The van der Waals surface area contributed by atoms with Crippen LogP contribution >= 0.6 is 0 Å². The third kappa shape index (κ3) is 12.1. The highest BCUT2D eigenvalue weighted by Gasteiger charge is 2.27. The van der Waals surface area contributed by atoms with E-state index in [2.05, 4.69) is 50.3 Å². The van der Waals surface area contributed by atoms with Gasteiger partial charge in [-0.1, -0.05) is 128 Å². The minimum atomic E-state index is 0.294. The third-order valence-corrected chi connectivity index (χ3v) is 6.90. The topological polar surface area (TPSA) is 18.5 Å². The van der Waals surface area contributed by atoms with E-state index in [9.17, 15) is 0 Å². The summed E-state index contributed by atoms with van der Waals surface area (Å²) in [6, 6.07) is 10.6. The summed E-state index contributed by atoms with van der Waals surface area (Å²) in [6.07, 6.45) is 26.0. The second kappa shape index (κ2) is 18.2. The van der Waals surface area contributed by atoms with Gasteiger partial charge in [-0.15, -0.1) is 0 Å². The number of unbranched alkanes of at least 4 members (excludes halogenated alkanes) is 11. The smallest absolute Gasteiger partial charge is 0.107 e. The molecule has 1 aromatic rings. The van der Waals surface area contributed by atoms with Crippen LogP contribution in [0.25, 0.3) is 0 Å². The maximum absolute atomic E-state index is 6.45. The number of hydrogen-bond acceptors (Lipinski definition) is 2. The van der Waals surface area contributed by atoms with Crippen molar-refractivity contribution >= 4 is 0 Å². The van der Waals surface area contributed by atoms with E-state index in [1.165, 1.54) is 95.5 Å². The lowest BCUT2D eigenvalue weighted by Crippen LogP contribution is -2.25. The van der Waals surface area contributed by atoms with Crippen molar-refractivity contribution in [1.29, 1.82) is 0 Å². The van der Waals surface area contributed by atoms with Crippen LogP contribution in [0.2, 0.25) is 0 Å². The SMILES string of the molecule is CCCCCCCCCCC[C@H](C[C@@H]1OC=C[C@H]1CCCCCC)OCc1ccccc1. The van der Waals surface area contributed by atoms with Crippen molar-refractivity contribution in [3.63, 3.8) is 0 Å². The van der Waals surface area contributed by atoms with Gasteiger partial charge in [0.1, 0.15) is 6.10 Å². The fourth-order valence-electron chi connectivity index (χ4n) is 4.79. The van der Waals surface area contributed by atoms with Gasteiger partial charge < -0.3 is 9.47 Å². The van der Waals surface area contributed by atoms with E-state index in [1.807, 2.05) is 6.26 Å². The van der Waals surface area contributed by atoms with E-state index in [-0.39, 0.29) is 0 Å². The quantitative estimate of drug-likeness (QED) is 0.187. The van der Waals surface area contributed by atoms with Gasteiger partial charge in [-0.05, 0) is 24.5 Å². The van der Waals surface area contributed by atoms with E-state index >= 15 is 0 Å². The lowest BCUT2D eigenvalue weighted by Gasteiger charge is -2.25. The number of ether oxygens (including phenoxy) is 2. The van der Waals surface area contributed by atoms with E-state index in [1.54, 1.807) is 0 Å². The van der Waals surface area contributed by atoms with E-state index in [4.69, 9.17) is 9.47 Å². The van der Waals surface area contributed by atoms with Gasteiger partial charge in [0.25, 0.3) is 0 Å². The van der Waals surface area contributed by atoms with Crippen molar-refractivity contribution < 1.29 is 9.47 Å². The number of benzene rings is 1. The monoisotopic (exact) mass is 442 g/mol. The third-order valence-electron chi connectivity index (χ3n) is 6.90. The Hall–Kier alpha value is -1.28. The molecule has 1 aromatic carbocycles. The average molecular weight is 443 g/mol. The molecule has 0 bridgehead atoms. The lowest BCUT2D eigenvalue weighted by atomic mass is 9.91. The molecule has 1 aliphatic heterocycles. The van der Waals surface area contributed by atoms with Crippen molar-refractivity contribution in [2.45, 2.75) is 135 Å². The van der Waals surface area contributed by atoms with Crippen LogP contribution in [0.3, 0.4) is 0 Å². The number of hydrogen-bond donors (Lipinski definition) is 0. The molecular formula is C30H50O2. The van der Waals surface area contributed by atoms with Crippen molar-refractivity contribution in [1.82, 2.24) is 0 Å². The van der Waals surface area contributed by atoms with Crippen LogP contribution in [0.5, 0.6) is 0 Å². The molecule has 3 atom stereocenters. The summed E-state index contributed by atoms with van der Waals surface area (Å²) in [5.74, 6) is 0.567. The van der Waals surface area contributed by atoms with Crippen LogP contribution in [0, 0.1) is 5.92 Å². The van der Waals surface area contributed by atoms with E-state index in [0.29, 0.717) is 24.7 Å². The molecule has 182 valence electrons. The highest BCUT2D eigenvalue weighted by Crippen LogP contribution is 2.29. The Morgan fingerprint density at radius 2 is 1.41 bits per heavy atom. The van der Waals surface area contributed by atoms with Crippen LogP contribution in [0.4, 0.5) is 0 Å². The molecule has 2 heteroatoms. The Morgan fingerprint density at radius 1 is 0.781 bits per heavy atom. The minimum Gasteiger partial charge on any atom is -0.498 e. The van der Waals surface area contributed by atoms with Gasteiger partial charge >= 0.3 is 0 Å². The van der Waals surface area contributed by atoms with Crippen molar-refractivity contribution in [2.75, 3.05) is 0 Å². The van der Waals surface area contributed by atoms with E-state index < -0.39 is 0 Å². The zero-order chi connectivity index (χ0) is 22.7. The zero-order valence-corrected chi connectivity index (χ0v) is 21.1. The zero-order valence-electron chi connectivity index (χ0n) is 21.1. The molecule has 0 radical (unpaired) electrons. The molecule has 0 aliphatic carbocycles. The van der Waals surface area contributed by atoms with E-state index in [0.717, 1.165) is 12.8 Å². The summed E-state index contributed by atoms with van der Waals surface area (Å²) in [4.78, 5) is 0. The predicted molar refractivity (Wildman–Crippen MR) is 138 cm³/mol. The molecule has 0 aromatic heterocycles. The molecule has 0 saturated heterocycles. The summed E-state index contributed by atoms with van der Waals surface area (Å²) in [5.41, 5.74) is 1.27. The predicted octanol–water partition coefficient (Wildman–Crippen LogP) is 9.38.